The predicted molar refractivity (Wildman–Crippen MR) is 129 cm³/mol. The highest BCUT2D eigenvalue weighted by molar-refractivity contribution is 6.02. The molecule has 0 unspecified atom stereocenters. The van der Waals surface area contributed by atoms with Gasteiger partial charge < -0.3 is 19.4 Å². The van der Waals surface area contributed by atoms with E-state index in [9.17, 15) is 14.4 Å². The number of carbonyl (C=O) groups excluding carboxylic acids is 2. The maximum atomic E-state index is 12.6. The number of amides is 1. The van der Waals surface area contributed by atoms with Crippen molar-refractivity contribution in [1.29, 1.82) is 0 Å². The lowest BCUT2D eigenvalue weighted by Gasteiger charge is -2.17. The number of aryl methyl sites for hydroxylation is 1. The lowest BCUT2D eigenvalue weighted by Crippen LogP contribution is -2.27. The molecule has 1 N–H and O–H groups in total. The molecule has 7 heteroatoms. The van der Waals surface area contributed by atoms with Gasteiger partial charge >= 0.3 is 5.97 Å². The number of ether oxygens (including phenoxy) is 1. The smallest absolute Gasteiger partial charge is 0.338 e. The average molecular weight is 449 g/mol. The number of likely N-dealkylation sites (N-methyl/N-ethyl adjacent to an activating group) is 1. The number of fused-ring (bicyclic) bond motifs is 1. The highest BCUT2D eigenvalue weighted by Crippen LogP contribution is 2.14. The molecule has 33 heavy (non-hydrogen) atoms. The van der Waals surface area contributed by atoms with Gasteiger partial charge in [-0.1, -0.05) is 25.5 Å². The summed E-state index contributed by atoms with van der Waals surface area (Å²) in [5.74, 6) is -0.813. The van der Waals surface area contributed by atoms with Gasteiger partial charge in [-0.05, 0) is 62.5 Å². The minimum atomic E-state index is -0.409. The molecule has 1 heterocycles. The summed E-state index contributed by atoms with van der Waals surface area (Å²) >= 11 is 0. The molecule has 1 amide bonds. The van der Waals surface area contributed by atoms with Crippen molar-refractivity contribution in [2.75, 3.05) is 31.6 Å². The summed E-state index contributed by atoms with van der Waals surface area (Å²) in [4.78, 5) is 39.2. The summed E-state index contributed by atoms with van der Waals surface area (Å²) < 4.78 is 10.8. The second kappa shape index (κ2) is 11.2. The standard InChI is InChI=1S/C26H28N2O5/c1-4-28(5-2)14-15-32-26(31)19-7-10-21(11-8-19)27-24(29)13-9-20-17-33-23-12-6-18(3)16-22(23)25(20)30/h6-13,16-17H,4-5,14-15H2,1-3H3,(H,27,29)/b13-9+. The molecule has 3 rings (SSSR count). The topological polar surface area (TPSA) is 88.8 Å². The van der Waals surface area contributed by atoms with E-state index < -0.39 is 11.9 Å². The summed E-state index contributed by atoms with van der Waals surface area (Å²) in [5, 5.41) is 3.17. The quantitative estimate of drug-likeness (QED) is 0.389. The van der Waals surface area contributed by atoms with Crippen LogP contribution < -0.4 is 10.7 Å². The molecule has 1 aromatic heterocycles. The Morgan fingerprint density at radius 2 is 1.82 bits per heavy atom. The SMILES string of the molecule is CCN(CC)CCOC(=O)c1ccc(NC(=O)/C=C/c2coc3ccc(C)cc3c2=O)cc1. The molecular formula is C26H28N2O5. The van der Waals surface area contributed by atoms with Gasteiger partial charge in [0.05, 0.1) is 16.5 Å². The lowest BCUT2D eigenvalue weighted by molar-refractivity contribution is -0.111. The highest BCUT2D eigenvalue weighted by atomic mass is 16.5. The number of hydrogen-bond acceptors (Lipinski definition) is 6. The van der Waals surface area contributed by atoms with Crippen LogP contribution in [-0.2, 0) is 9.53 Å². The van der Waals surface area contributed by atoms with Gasteiger partial charge in [0, 0.05) is 18.3 Å². The Morgan fingerprint density at radius 1 is 1.09 bits per heavy atom. The zero-order valence-corrected chi connectivity index (χ0v) is 19.1. The molecule has 0 fully saturated rings. The molecule has 0 bridgehead atoms. The molecule has 0 aliphatic carbocycles. The Balaban J connectivity index is 1.58. The second-order valence-electron chi connectivity index (χ2n) is 7.58. The Hall–Kier alpha value is -3.71. The Morgan fingerprint density at radius 3 is 2.52 bits per heavy atom. The minimum absolute atomic E-state index is 0.201. The predicted octanol–water partition coefficient (Wildman–Crippen LogP) is 4.25. The first-order chi connectivity index (χ1) is 15.9. The molecule has 0 aliphatic heterocycles. The fourth-order valence-corrected chi connectivity index (χ4v) is 3.30. The third-order valence-corrected chi connectivity index (χ3v) is 5.29. The van der Waals surface area contributed by atoms with E-state index in [1.54, 1.807) is 36.4 Å². The van der Waals surface area contributed by atoms with Gasteiger partial charge in [0.25, 0.3) is 0 Å². The average Bonchev–Trinajstić information content (AvgIpc) is 2.82. The van der Waals surface area contributed by atoms with E-state index in [-0.39, 0.29) is 11.0 Å². The van der Waals surface area contributed by atoms with E-state index in [1.807, 2.05) is 13.0 Å². The first-order valence-corrected chi connectivity index (χ1v) is 10.9. The molecule has 0 radical (unpaired) electrons. The molecule has 7 nitrogen and oxygen atoms in total. The molecular weight excluding hydrogens is 420 g/mol. The van der Waals surface area contributed by atoms with Crippen LogP contribution in [0.25, 0.3) is 17.0 Å². The normalized spacial score (nSPS) is 11.3. The van der Waals surface area contributed by atoms with Gasteiger partial charge in [-0.25, -0.2) is 4.79 Å². The number of nitrogens with zero attached hydrogens (tertiary/aromatic N) is 1. The van der Waals surface area contributed by atoms with Crippen LogP contribution in [0.5, 0.6) is 0 Å². The van der Waals surface area contributed by atoms with Crippen molar-refractivity contribution in [3.05, 3.63) is 81.7 Å². The summed E-state index contributed by atoms with van der Waals surface area (Å²) in [5.41, 5.74) is 2.46. The zero-order chi connectivity index (χ0) is 23.8. The summed E-state index contributed by atoms with van der Waals surface area (Å²) in [6, 6.07) is 11.8. The van der Waals surface area contributed by atoms with Crippen LogP contribution in [-0.4, -0.2) is 43.0 Å². The van der Waals surface area contributed by atoms with E-state index in [1.165, 1.54) is 18.4 Å². The highest BCUT2D eigenvalue weighted by Gasteiger charge is 2.09. The monoisotopic (exact) mass is 448 g/mol. The third-order valence-electron chi connectivity index (χ3n) is 5.29. The summed E-state index contributed by atoms with van der Waals surface area (Å²) in [6.07, 6.45) is 4.03. The number of benzene rings is 2. The number of hydrogen-bond donors (Lipinski definition) is 1. The van der Waals surface area contributed by atoms with Crippen LogP contribution in [0.2, 0.25) is 0 Å². The third kappa shape index (κ3) is 6.40. The van der Waals surface area contributed by atoms with Crippen LogP contribution in [0.1, 0.15) is 35.3 Å². The molecule has 3 aromatic rings. The number of esters is 1. The fraction of sp³-hybridized carbons (Fsp3) is 0.269. The second-order valence-corrected chi connectivity index (χ2v) is 7.58. The maximum Gasteiger partial charge on any atom is 0.338 e. The molecule has 0 aliphatic rings. The van der Waals surface area contributed by atoms with Gasteiger partial charge in [0.15, 0.2) is 5.43 Å². The van der Waals surface area contributed by atoms with Crippen molar-refractivity contribution in [2.24, 2.45) is 0 Å². The first kappa shape index (κ1) is 23.9. The molecule has 0 spiro atoms. The van der Waals surface area contributed by atoms with Crippen molar-refractivity contribution in [3.8, 4) is 0 Å². The summed E-state index contributed by atoms with van der Waals surface area (Å²) in [6.45, 7) is 8.84. The molecule has 0 saturated carbocycles. The lowest BCUT2D eigenvalue weighted by atomic mass is 10.1. The van der Waals surface area contributed by atoms with Crippen molar-refractivity contribution in [3.63, 3.8) is 0 Å². The van der Waals surface area contributed by atoms with E-state index in [0.29, 0.717) is 35.4 Å². The number of carbonyl (C=O) groups is 2. The fourth-order valence-electron chi connectivity index (χ4n) is 3.30. The van der Waals surface area contributed by atoms with Crippen LogP contribution >= 0.6 is 0 Å². The van der Waals surface area contributed by atoms with Gasteiger partial charge in [-0.3, -0.25) is 9.59 Å². The Kier molecular flexibility index (Phi) is 8.16. The van der Waals surface area contributed by atoms with E-state index >= 15 is 0 Å². The largest absolute Gasteiger partial charge is 0.463 e. The van der Waals surface area contributed by atoms with Crippen LogP contribution in [0.15, 0.2) is 64.0 Å². The van der Waals surface area contributed by atoms with Crippen molar-refractivity contribution in [2.45, 2.75) is 20.8 Å². The molecule has 2 aromatic carbocycles. The van der Waals surface area contributed by atoms with E-state index in [2.05, 4.69) is 24.1 Å². The van der Waals surface area contributed by atoms with Gasteiger partial charge in [0.1, 0.15) is 18.5 Å². The van der Waals surface area contributed by atoms with Gasteiger partial charge in [-0.15, -0.1) is 0 Å². The van der Waals surface area contributed by atoms with Crippen molar-refractivity contribution in [1.82, 2.24) is 4.90 Å². The van der Waals surface area contributed by atoms with Crippen LogP contribution in [0.3, 0.4) is 0 Å². The Bertz CT molecular complexity index is 1210. The molecule has 172 valence electrons. The van der Waals surface area contributed by atoms with Gasteiger partial charge in [-0.2, -0.15) is 0 Å². The number of anilines is 1. The number of rotatable bonds is 9. The maximum absolute atomic E-state index is 12.6. The van der Waals surface area contributed by atoms with Gasteiger partial charge in [0.2, 0.25) is 5.91 Å². The first-order valence-electron chi connectivity index (χ1n) is 10.9. The van der Waals surface area contributed by atoms with Crippen molar-refractivity contribution >= 4 is 34.6 Å². The zero-order valence-electron chi connectivity index (χ0n) is 19.1. The number of nitrogens with one attached hydrogen (secondary N) is 1. The summed E-state index contributed by atoms with van der Waals surface area (Å²) in [7, 11) is 0. The van der Waals surface area contributed by atoms with Crippen LogP contribution in [0, 0.1) is 6.92 Å². The minimum Gasteiger partial charge on any atom is -0.463 e. The van der Waals surface area contributed by atoms with E-state index in [0.717, 1.165) is 18.7 Å². The Labute approximate surface area is 192 Å². The molecule has 0 saturated heterocycles. The molecule has 0 atom stereocenters. The van der Waals surface area contributed by atoms with E-state index in [4.69, 9.17) is 9.15 Å². The van der Waals surface area contributed by atoms with Crippen LogP contribution in [0.4, 0.5) is 5.69 Å². The van der Waals surface area contributed by atoms with Crippen molar-refractivity contribution < 1.29 is 18.7 Å².